The minimum absolute atomic E-state index is 0.00541. The van der Waals surface area contributed by atoms with E-state index in [1.54, 1.807) is 14.2 Å². The number of hydrogen-bond acceptors (Lipinski definition) is 10. The number of carbonyl (C=O) groups is 1. The van der Waals surface area contributed by atoms with Crippen LogP contribution in [0.1, 0.15) is 88.5 Å². The number of rotatable bonds is 4. The molecule has 0 spiro atoms. The molecule has 0 amide bonds. The second-order valence-corrected chi connectivity index (χ2v) is 15.2. The molecule has 4 aliphatic heterocycles. The van der Waals surface area contributed by atoms with Gasteiger partial charge in [-0.1, -0.05) is 41.5 Å². The molecule has 256 valence electrons. The number of cyclic esters (lactones) is 1. The third-order valence-corrected chi connectivity index (χ3v) is 12.7. The Balaban J connectivity index is 1.83. The summed E-state index contributed by atoms with van der Waals surface area (Å²) in [5, 5.41) is 26.0. The molecule has 44 heavy (non-hydrogen) atoms. The van der Waals surface area contributed by atoms with E-state index in [-0.39, 0.29) is 53.7 Å². The van der Waals surface area contributed by atoms with Crippen molar-refractivity contribution in [1.82, 2.24) is 10.2 Å². The summed E-state index contributed by atoms with van der Waals surface area (Å²) in [7, 11) is 3.41. The first kappa shape index (κ1) is 36.0. The number of fused-ring (bicyclic) bond motifs is 1. The van der Waals surface area contributed by atoms with Gasteiger partial charge in [-0.2, -0.15) is 0 Å². The SMILES string of the molecule is CC[C@H]1OC(=O)[C@H](C)[C@@H](C2C[C@@](C)(OC)[C@@H](O)[C@H](C)O2)[C@H](C)[C@@H](C)[C@](C)(OC)C[C@@H](C)[C@@H]2NCCN3C(O)O[C@@]1(C)[C@H]3[C@H]2C. The Hall–Kier alpha value is -0.850. The Morgan fingerprint density at radius 2 is 1.61 bits per heavy atom. The second kappa shape index (κ2) is 13.3. The highest BCUT2D eigenvalue weighted by molar-refractivity contribution is 5.73. The lowest BCUT2D eigenvalue weighted by atomic mass is 9.64. The number of hydrogen-bond donors (Lipinski definition) is 3. The van der Waals surface area contributed by atoms with Crippen molar-refractivity contribution in [3.05, 3.63) is 0 Å². The second-order valence-electron chi connectivity index (χ2n) is 15.2. The van der Waals surface area contributed by atoms with Gasteiger partial charge >= 0.3 is 5.97 Å². The number of aliphatic hydroxyl groups is 2. The van der Waals surface area contributed by atoms with Gasteiger partial charge in [0.05, 0.1) is 35.4 Å². The van der Waals surface area contributed by atoms with Crippen molar-refractivity contribution in [1.29, 1.82) is 0 Å². The predicted molar refractivity (Wildman–Crippen MR) is 168 cm³/mol. The number of ether oxygens (including phenoxy) is 5. The molecule has 2 bridgehead atoms. The molecule has 0 radical (unpaired) electrons. The summed E-state index contributed by atoms with van der Waals surface area (Å²) < 4.78 is 31.7. The molecule has 2 unspecified atom stereocenters. The highest BCUT2D eigenvalue weighted by Crippen LogP contribution is 2.48. The summed E-state index contributed by atoms with van der Waals surface area (Å²) in [6.45, 7) is 22.2. The van der Waals surface area contributed by atoms with Crippen LogP contribution in [0.5, 0.6) is 0 Å². The van der Waals surface area contributed by atoms with E-state index in [9.17, 15) is 15.0 Å². The molecule has 0 saturated carbocycles. The zero-order valence-corrected chi connectivity index (χ0v) is 29.3. The van der Waals surface area contributed by atoms with Gasteiger partial charge in [0.15, 0.2) is 0 Å². The summed E-state index contributed by atoms with van der Waals surface area (Å²) in [4.78, 5) is 16.3. The minimum Gasteiger partial charge on any atom is -0.459 e. The van der Waals surface area contributed by atoms with Gasteiger partial charge in [-0.25, -0.2) is 4.90 Å². The molecule has 0 aliphatic carbocycles. The lowest BCUT2D eigenvalue weighted by Gasteiger charge is -2.51. The van der Waals surface area contributed by atoms with Gasteiger partial charge < -0.3 is 39.2 Å². The van der Waals surface area contributed by atoms with Crippen LogP contribution in [0.4, 0.5) is 0 Å². The molecule has 4 heterocycles. The number of aliphatic hydroxyl groups excluding tert-OH is 2. The van der Waals surface area contributed by atoms with E-state index in [1.807, 2.05) is 39.5 Å². The first-order valence-electron chi connectivity index (χ1n) is 17.0. The molecule has 4 saturated heterocycles. The molecule has 0 aromatic heterocycles. The Labute approximate surface area is 265 Å². The standard InChI is InChI=1S/C34H62N2O8/c1-13-25-34(10)28-21(5)27(35-14-15-36(28)31(39)44-34)18(2)16-32(8,40-11)22(6)19(3)26(20(4)30(38)43-25)24-17-33(9,41-12)29(37)23(7)42-24/h18-29,31,35,37,39H,13-17H2,1-12H3/t18-,19-,20-,21+,22-,23+,24?,25-,26+,27+,28-,29+,31?,32-,33-,34-/m1/s1. The van der Waals surface area contributed by atoms with E-state index in [4.69, 9.17) is 23.7 Å². The molecule has 10 heteroatoms. The Kier molecular flexibility index (Phi) is 10.9. The summed E-state index contributed by atoms with van der Waals surface area (Å²) >= 11 is 0. The number of esters is 1. The number of methoxy groups -OCH3 is 2. The molecule has 10 nitrogen and oxygen atoms in total. The average molecular weight is 627 g/mol. The zero-order valence-electron chi connectivity index (χ0n) is 29.3. The van der Waals surface area contributed by atoms with Crippen molar-refractivity contribution in [2.75, 3.05) is 27.3 Å². The molecule has 4 aliphatic rings. The Morgan fingerprint density at radius 3 is 2.20 bits per heavy atom. The van der Waals surface area contributed by atoms with Crippen molar-refractivity contribution >= 4 is 5.97 Å². The van der Waals surface area contributed by atoms with Crippen LogP contribution in [0.15, 0.2) is 0 Å². The summed E-state index contributed by atoms with van der Waals surface area (Å²) in [6, 6.07) is -0.0316. The Bertz CT molecular complexity index is 1000. The van der Waals surface area contributed by atoms with Crippen LogP contribution in [0.3, 0.4) is 0 Å². The van der Waals surface area contributed by atoms with Crippen molar-refractivity contribution in [2.24, 2.45) is 35.5 Å². The molecule has 0 aromatic rings. The van der Waals surface area contributed by atoms with Gasteiger partial charge in [-0.15, -0.1) is 0 Å². The molecule has 16 atom stereocenters. The van der Waals surface area contributed by atoms with Gasteiger partial charge in [0, 0.05) is 45.7 Å². The molecule has 3 N–H and O–H groups in total. The fourth-order valence-corrected chi connectivity index (χ4v) is 9.72. The van der Waals surface area contributed by atoms with Gasteiger partial charge in [-0.05, 0) is 64.2 Å². The number of nitrogens with zero attached hydrogens (tertiary/aromatic N) is 1. The van der Waals surface area contributed by atoms with E-state index in [0.29, 0.717) is 19.4 Å². The summed E-state index contributed by atoms with van der Waals surface area (Å²) in [5.41, 5.74) is -2.23. The largest absolute Gasteiger partial charge is 0.459 e. The van der Waals surface area contributed by atoms with Crippen molar-refractivity contribution in [3.63, 3.8) is 0 Å². The van der Waals surface area contributed by atoms with Crippen molar-refractivity contribution in [2.45, 2.75) is 148 Å². The quantitative estimate of drug-likeness (QED) is 0.400. The van der Waals surface area contributed by atoms with Crippen molar-refractivity contribution < 1.29 is 38.7 Å². The van der Waals surface area contributed by atoms with Gasteiger partial charge in [-0.3, -0.25) is 4.79 Å². The van der Waals surface area contributed by atoms with Gasteiger partial charge in [0.25, 0.3) is 0 Å². The lowest BCUT2D eigenvalue weighted by Crippen LogP contribution is -2.60. The summed E-state index contributed by atoms with van der Waals surface area (Å²) in [5.74, 6) is -0.686. The van der Waals surface area contributed by atoms with E-state index in [1.165, 1.54) is 0 Å². The fourth-order valence-electron chi connectivity index (χ4n) is 9.72. The van der Waals surface area contributed by atoms with Gasteiger partial charge in [0.2, 0.25) is 6.41 Å². The van der Waals surface area contributed by atoms with Crippen LogP contribution in [0.2, 0.25) is 0 Å². The smallest absolute Gasteiger partial charge is 0.309 e. The number of nitrogens with one attached hydrogen (secondary N) is 1. The van der Waals surface area contributed by atoms with E-state index in [2.05, 4.69) is 39.9 Å². The maximum absolute atomic E-state index is 14.3. The van der Waals surface area contributed by atoms with Crippen LogP contribution in [-0.4, -0.2) is 108 Å². The topological polar surface area (TPSA) is 119 Å². The van der Waals surface area contributed by atoms with Crippen LogP contribution < -0.4 is 5.32 Å². The lowest BCUT2D eigenvalue weighted by molar-refractivity contribution is -0.237. The molecule has 0 aromatic carbocycles. The normalized spacial score (nSPS) is 53.0. The monoisotopic (exact) mass is 626 g/mol. The Morgan fingerprint density at radius 1 is 0.977 bits per heavy atom. The highest BCUT2D eigenvalue weighted by Gasteiger charge is 2.60. The van der Waals surface area contributed by atoms with Crippen LogP contribution in [-0.2, 0) is 28.5 Å². The third kappa shape index (κ3) is 6.12. The average Bonchev–Trinajstić information content (AvgIpc) is 3.11. The zero-order chi connectivity index (χ0) is 32.9. The predicted octanol–water partition coefficient (Wildman–Crippen LogP) is 3.56. The van der Waals surface area contributed by atoms with Crippen LogP contribution in [0, 0.1) is 35.5 Å². The first-order chi connectivity index (χ1) is 20.5. The third-order valence-electron chi connectivity index (χ3n) is 12.7. The maximum Gasteiger partial charge on any atom is 0.309 e. The van der Waals surface area contributed by atoms with Crippen LogP contribution >= 0.6 is 0 Å². The fraction of sp³-hybridized carbons (Fsp3) is 0.971. The minimum atomic E-state index is -1.07. The van der Waals surface area contributed by atoms with E-state index < -0.39 is 47.4 Å². The number of carbonyl (C=O) groups excluding carboxylic acids is 1. The molecular formula is C34H62N2O8. The van der Waals surface area contributed by atoms with E-state index in [0.717, 1.165) is 13.0 Å². The first-order valence-corrected chi connectivity index (χ1v) is 17.0. The highest BCUT2D eigenvalue weighted by atomic mass is 16.7. The van der Waals surface area contributed by atoms with Gasteiger partial charge in [0.1, 0.15) is 17.8 Å². The molecular weight excluding hydrogens is 564 g/mol. The van der Waals surface area contributed by atoms with Crippen LogP contribution in [0.25, 0.3) is 0 Å². The molecule has 4 rings (SSSR count). The van der Waals surface area contributed by atoms with Crippen molar-refractivity contribution in [3.8, 4) is 0 Å². The molecule has 4 fully saturated rings. The van der Waals surface area contributed by atoms with E-state index >= 15 is 0 Å². The maximum atomic E-state index is 14.3. The summed E-state index contributed by atoms with van der Waals surface area (Å²) in [6.07, 6.45) is -1.45.